The number of hydrogen-bond acceptors (Lipinski definition) is 5. The Morgan fingerprint density at radius 1 is 1.55 bits per heavy atom. The molecule has 0 saturated carbocycles. The fourth-order valence-electron chi connectivity index (χ4n) is 1.93. The molecule has 0 aliphatic carbocycles. The Bertz CT molecular complexity index is 733. The molecule has 6 nitrogen and oxygen atoms in total. The molecule has 2 amide bonds. The number of rotatable bonds is 4. The number of carbonyl (C=O) groups is 3. The molecule has 0 atom stereocenters. The van der Waals surface area contributed by atoms with Crippen LogP contribution in [0.1, 0.15) is 20.1 Å². The summed E-state index contributed by atoms with van der Waals surface area (Å²) in [5.41, 5.74) is -0.0983. The van der Waals surface area contributed by atoms with Crippen LogP contribution in [0.3, 0.4) is 0 Å². The third kappa shape index (κ3) is 2.97. The Morgan fingerprint density at radius 2 is 2.23 bits per heavy atom. The first kappa shape index (κ1) is 16.1. The first-order valence-corrected chi connectivity index (χ1v) is 7.41. The zero-order valence-corrected chi connectivity index (χ0v) is 13.2. The molecule has 8 heteroatoms. The van der Waals surface area contributed by atoms with E-state index in [1.807, 2.05) is 0 Å². The van der Waals surface area contributed by atoms with E-state index in [0.717, 1.165) is 4.88 Å². The molecule has 1 fully saturated rings. The van der Waals surface area contributed by atoms with E-state index >= 15 is 0 Å². The van der Waals surface area contributed by atoms with E-state index in [9.17, 15) is 14.4 Å². The number of aryl methyl sites for hydroxylation is 1. The Morgan fingerprint density at radius 3 is 2.82 bits per heavy atom. The Labute approximate surface area is 135 Å². The van der Waals surface area contributed by atoms with Gasteiger partial charge in [0.05, 0.1) is 5.56 Å². The normalized spacial score (nSPS) is 16.9. The summed E-state index contributed by atoms with van der Waals surface area (Å²) in [6.45, 7) is 5.44. The number of aromatic carboxylic acids is 1. The van der Waals surface area contributed by atoms with Crippen molar-refractivity contribution < 1.29 is 19.5 Å². The summed E-state index contributed by atoms with van der Waals surface area (Å²) in [5, 5.41) is 11.6. The molecular weight excluding hydrogens is 324 g/mol. The standard InChI is InChI=1S/C14H12N2O4S2/c1-3-4-16-12(18)9(11(17)15-14(16)21)6-10-8(13(19)20)5-7(2)22-10/h3,5-6H,1,4H2,2H3,(H,19,20)(H,15,17,21). The predicted octanol–water partition coefficient (Wildman–Crippen LogP) is 1.57. The van der Waals surface area contributed by atoms with Gasteiger partial charge < -0.3 is 5.11 Å². The minimum atomic E-state index is -1.11. The van der Waals surface area contributed by atoms with Gasteiger partial charge in [-0.05, 0) is 31.3 Å². The molecule has 0 bridgehead atoms. The summed E-state index contributed by atoms with van der Waals surface area (Å²) in [7, 11) is 0. The Hall–Kier alpha value is -2.32. The number of hydrogen-bond donors (Lipinski definition) is 2. The first-order chi connectivity index (χ1) is 10.3. The zero-order valence-electron chi connectivity index (χ0n) is 11.6. The fraction of sp³-hybridized carbons (Fsp3) is 0.143. The average Bonchev–Trinajstić information content (AvgIpc) is 2.80. The quantitative estimate of drug-likeness (QED) is 0.377. The number of nitrogens with zero attached hydrogens (tertiary/aromatic N) is 1. The van der Waals surface area contributed by atoms with E-state index in [2.05, 4.69) is 11.9 Å². The van der Waals surface area contributed by atoms with Gasteiger partial charge in [0.1, 0.15) is 5.57 Å². The third-order valence-corrected chi connectivity index (χ3v) is 4.21. The number of amides is 2. The summed E-state index contributed by atoms with van der Waals surface area (Å²) in [6.07, 6.45) is 2.77. The molecular formula is C14H12N2O4S2. The van der Waals surface area contributed by atoms with Gasteiger partial charge in [-0.1, -0.05) is 6.08 Å². The van der Waals surface area contributed by atoms with Crippen LogP contribution in [0.2, 0.25) is 0 Å². The molecule has 0 radical (unpaired) electrons. The van der Waals surface area contributed by atoms with Crippen molar-refractivity contribution >= 4 is 52.5 Å². The van der Waals surface area contributed by atoms with Gasteiger partial charge in [0, 0.05) is 16.3 Å². The van der Waals surface area contributed by atoms with Crippen molar-refractivity contribution in [3.05, 3.63) is 39.6 Å². The number of thiocarbonyl (C=S) groups is 1. The highest BCUT2D eigenvalue weighted by Crippen LogP contribution is 2.26. The minimum Gasteiger partial charge on any atom is -0.478 e. The molecule has 0 aromatic carbocycles. The second-order valence-electron chi connectivity index (χ2n) is 4.46. The highest BCUT2D eigenvalue weighted by Gasteiger charge is 2.33. The summed E-state index contributed by atoms with van der Waals surface area (Å²) in [6, 6.07) is 1.50. The van der Waals surface area contributed by atoms with Crippen molar-refractivity contribution in [3.63, 3.8) is 0 Å². The molecule has 1 saturated heterocycles. The van der Waals surface area contributed by atoms with Crippen LogP contribution in [-0.4, -0.2) is 39.4 Å². The first-order valence-electron chi connectivity index (χ1n) is 6.18. The number of carboxylic acids is 1. The molecule has 0 spiro atoms. The summed E-state index contributed by atoms with van der Waals surface area (Å²) < 4.78 is 0. The van der Waals surface area contributed by atoms with Crippen molar-refractivity contribution in [3.8, 4) is 0 Å². The Kier molecular flexibility index (Phi) is 4.53. The van der Waals surface area contributed by atoms with E-state index in [1.165, 1.54) is 34.5 Å². The van der Waals surface area contributed by atoms with E-state index in [1.54, 1.807) is 6.92 Å². The lowest BCUT2D eigenvalue weighted by atomic mass is 10.1. The number of nitrogens with one attached hydrogen (secondary N) is 1. The van der Waals surface area contributed by atoms with Gasteiger partial charge in [-0.3, -0.25) is 19.8 Å². The van der Waals surface area contributed by atoms with Gasteiger partial charge in [0.25, 0.3) is 11.8 Å². The molecule has 2 rings (SSSR count). The largest absolute Gasteiger partial charge is 0.478 e. The number of carboxylic acid groups (broad SMARTS) is 1. The van der Waals surface area contributed by atoms with Crippen molar-refractivity contribution in [2.24, 2.45) is 0 Å². The van der Waals surface area contributed by atoms with Crippen LogP contribution in [0.25, 0.3) is 6.08 Å². The molecule has 1 aromatic heterocycles. The topological polar surface area (TPSA) is 86.7 Å². The second kappa shape index (κ2) is 6.20. The second-order valence-corrected chi connectivity index (χ2v) is 6.14. The molecule has 1 aliphatic heterocycles. The molecule has 114 valence electrons. The van der Waals surface area contributed by atoms with Gasteiger partial charge in [-0.15, -0.1) is 17.9 Å². The van der Waals surface area contributed by atoms with Gasteiger partial charge in [-0.25, -0.2) is 4.79 Å². The van der Waals surface area contributed by atoms with Crippen LogP contribution in [0, 0.1) is 6.92 Å². The zero-order chi connectivity index (χ0) is 16.4. The summed E-state index contributed by atoms with van der Waals surface area (Å²) in [5.74, 6) is -2.33. The lowest BCUT2D eigenvalue weighted by molar-refractivity contribution is -0.128. The molecule has 1 aliphatic rings. The predicted molar refractivity (Wildman–Crippen MR) is 86.6 cm³/mol. The average molecular weight is 336 g/mol. The smallest absolute Gasteiger partial charge is 0.337 e. The van der Waals surface area contributed by atoms with Crippen LogP contribution in [-0.2, 0) is 9.59 Å². The van der Waals surface area contributed by atoms with Crippen LogP contribution >= 0.6 is 23.6 Å². The third-order valence-electron chi connectivity index (χ3n) is 2.89. The number of carbonyl (C=O) groups excluding carboxylic acids is 2. The molecule has 22 heavy (non-hydrogen) atoms. The van der Waals surface area contributed by atoms with Crippen molar-refractivity contribution in [1.29, 1.82) is 0 Å². The van der Waals surface area contributed by atoms with Crippen LogP contribution in [0.15, 0.2) is 24.3 Å². The van der Waals surface area contributed by atoms with E-state index in [4.69, 9.17) is 17.3 Å². The van der Waals surface area contributed by atoms with Gasteiger partial charge in [-0.2, -0.15) is 0 Å². The van der Waals surface area contributed by atoms with Crippen LogP contribution in [0.5, 0.6) is 0 Å². The molecule has 2 N–H and O–H groups in total. The maximum atomic E-state index is 12.3. The minimum absolute atomic E-state index is 0.00729. The molecule has 2 heterocycles. The summed E-state index contributed by atoms with van der Waals surface area (Å²) >= 11 is 6.14. The van der Waals surface area contributed by atoms with Crippen LogP contribution in [0.4, 0.5) is 0 Å². The molecule has 0 unspecified atom stereocenters. The lowest BCUT2D eigenvalue weighted by Gasteiger charge is -2.27. The summed E-state index contributed by atoms with van der Waals surface area (Å²) in [4.78, 5) is 37.8. The highest BCUT2D eigenvalue weighted by atomic mass is 32.1. The van der Waals surface area contributed by atoms with Gasteiger partial charge in [0.15, 0.2) is 5.11 Å². The lowest BCUT2D eigenvalue weighted by Crippen LogP contribution is -2.53. The monoisotopic (exact) mass is 336 g/mol. The molecule has 1 aromatic rings. The van der Waals surface area contributed by atoms with Gasteiger partial charge in [0.2, 0.25) is 0 Å². The maximum Gasteiger partial charge on any atom is 0.337 e. The highest BCUT2D eigenvalue weighted by molar-refractivity contribution is 7.80. The van der Waals surface area contributed by atoms with Gasteiger partial charge >= 0.3 is 5.97 Å². The maximum absolute atomic E-state index is 12.3. The van der Waals surface area contributed by atoms with E-state index in [-0.39, 0.29) is 22.8 Å². The van der Waals surface area contributed by atoms with Crippen molar-refractivity contribution in [2.75, 3.05) is 6.54 Å². The van der Waals surface area contributed by atoms with Crippen molar-refractivity contribution in [2.45, 2.75) is 6.92 Å². The van der Waals surface area contributed by atoms with Crippen LogP contribution < -0.4 is 5.32 Å². The van der Waals surface area contributed by atoms with E-state index in [0.29, 0.717) is 4.88 Å². The SMILES string of the molecule is C=CCN1C(=O)C(=Cc2sc(C)cc2C(=O)O)C(=O)NC1=S. The van der Waals surface area contributed by atoms with Crippen molar-refractivity contribution in [1.82, 2.24) is 10.2 Å². The van der Waals surface area contributed by atoms with E-state index < -0.39 is 17.8 Å². The fourth-order valence-corrected chi connectivity index (χ4v) is 3.13. The Balaban J connectivity index is 2.47. The number of thiophene rings is 1.